The van der Waals surface area contributed by atoms with Crippen molar-refractivity contribution in [2.75, 3.05) is 13.2 Å². The number of benzene rings is 1. The Morgan fingerprint density at radius 1 is 1.25 bits per heavy atom. The number of ether oxygens (including phenoxy) is 2. The lowest BCUT2D eigenvalue weighted by Gasteiger charge is -2.06. The van der Waals surface area contributed by atoms with Gasteiger partial charge in [0.15, 0.2) is 13.2 Å². The van der Waals surface area contributed by atoms with Gasteiger partial charge in [0.05, 0.1) is 0 Å². The number of hydrogen-bond acceptors (Lipinski definition) is 5. The minimum atomic E-state index is -0.599. The molecule has 1 aromatic carbocycles. The van der Waals surface area contributed by atoms with E-state index in [0.29, 0.717) is 17.9 Å². The number of hydrogen-bond donors (Lipinski definition) is 0. The van der Waals surface area contributed by atoms with Crippen LogP contribution in [0.1, 0.15) is 27.3 Å². The predicted octanol–water partition coefficient (Wildman–Crippen LogP) is 3.63. The smallest absolute Gasteiger partial charge is 0.331 e. The maximum atomic E-state index is 12.4. The number of carbonyl (C=O) groups is 2. The van der Waals surface area contributed by atoms with E-state index in [-0.39, 0.29) is 19.0 Å². The lowest BCUT2D eigenvalue weighted by Crippen LogP contribution is -2.13. The Bertz CT molecular complexity index is 931. The van der Waals surface area contributed by atoms with Crippen LogP contribution in [-0.4, -0.2) is 29.5 Å². The molecule has 0 unspecified atom stereocenters. The van der Waals surface area contributed by atoms with E-state index in [1.54, 1.807) is 42.5 Å². The van der Waals surface area contributed by atoms with Crippen molar-refractivity contribution in [2.45, 2.75) is 20.4 Å². The van der Waals surface area contributed by atoms with Crippen molar-refractivity contribution < 1.29 is 19.1 Å². The van der Waals surface area contributed by atoms with Gasteiger partial charge in [-0.15, -0.1) is 6.58 Å². The number of nitriles is 1. The summed E-state index contributed by atoms with van der Waals surface area (Å²) in [6.07, 6.45) is 4.61. The first-order valence-corrected chi connectivity index (χ1v) is 8.71. The summed E-state index contributed by atoms with van der Waals surface area (Å²) in [6, 6.07) is 10.6. The third-order valence-corrected chi connectivity index (χ3v) is 4.13. The van der Waals surface area contributed by atoms with Crippen LogP contribution in [0, 0.1) is 25.2 Å². The summed E-state index contributed by atoms with van der Waals surface area (Å²) >= 11 is 0. The molecule has 0 saturated heterocycles. The number of Topliss-reactive ketones (excluding diaryl/α,β-unsaturated/α-hetero) is 1. The summed E-state index contributed by atoms with van der Waals surface area (Å²) < 4.78 is 12.2. The van der Waals surface area contributed by atoms with Crippen molar-refractivity contribution in [3.05, 3.63) is 71.6 Å². The summed E-state index contributed by atoms with van der Waals surface area (Å²) in [4.78, 5) is 24.2. The molecule has 1 heterocycles. The third-order valence-electron chi connectivity index (χ3n) is 4.13. The predicted molar refractivity (Wildman–Crippen MR) is 106 cm³/mol. The summed E-state index contributed by atoms with van der Waals surface area (Å²) in [5.74, 6) is -0.275. The Kier molecular flexibility index (Phi) is 7.35. The van der Waals surface area contributed by atoms with Crippen LogP contribution < -0.4 is 4.74 Å². The van der Waals surface area contributed by atoms with Crippen LogP contribution >= 0.6 is 0 Å². The highest BCUT2D eigenvalue weighted by Gasteiger charge is 2.16. The van der Waals surface area contributed by atoms with E-state index in [9.17, 15) is 9.59 Å². The molecule has 1 aromatic heterocycles. The standard InChI is InChI=1S/C22H22N2O4/c1-4-12-24-16(2)14-20(17(24)3)21(25)15-28-22(26)10-7-18-5-8-19(9-6-18)27-13-11-23/h4-10,14H,1,12-13,15H2,2-3H3/b10-7+. The fraction of sp³-hybridized carbons (Fsp3) is 0.227. The van der Waals surface area contributed by atoms with E-state index >= 15 is 0 Å². The third kappa shape index (κ3) is 5.45. The Morgan fingerprint density at radius 2 is 1.96 bits per heavy atom. The molecule has 0 aliphatic heterocycles. The summed E-state index contributed by atoms with van der Waals surface area (Å²) in [7, 11) is 0. The second-order valence-electron chi connectivity index (χ2n) is 6.06. The normalized spacial score (nSPS) is 10.5. The quantitative estimate of drug-likeness (QED) is 0.288. The van der Waals surface area contributed by atoms with Crippen LogP contribution in [-0.2, 0) is 16.1 Å². The number of ketones is 1. The van der Waals surface area contributed by atoms with Gasteiger partial charge in [-0.2, -0.15) is 5.26 Å². The van der Waals surface area contributed by atoms with Gasteiger partial charge in [0.1, 0.15) is 11.8 Å². The Balaban J connectivity index is 1.91. The molecule has 0 aliphatic rings. The molecule has 0 saturated carbocycles. The first-order chi connectivity index (χ1) is 13.5. The van der Waals surface area contributed by atoms with Gasteiger partial charge >= 0.3 is 5.97 Å². The molecule has 6 nitrogen and oxygen atoms in total. The summed E-state index contributed by atoms with van der Waals surface area (Å²) in [5.41, 5.74) is 3.09. The molecule has 0 bridgehead atoms. The monoisotopic (exact) mass is 378 g/mol. The van der Waals surface area contributed by atoms with Crippen LogP contribution in [0.4, 0.5) is 0 Å². The fourth-order valence-corrected chi connectivity index (χ4v) is 2.71. The molecule has 28 heavy (non-hydrogen) atoms. The summed E-state index contributed by atoms with van der Waals surface area (Å²) in [6.45, 7) is 7.76. The number of aromatic nitrogens is 1. The van der Waals surface area contributed by atoms with E-state index in [2.05, 4.69) is 6.58 Å². The molecular weight excluding hydrogens is 356 g/mol. The van der Waals surface area contributed by atoms with Gasteiger partial charge in [-0.25, -0.2) is 4.79 Å². The average Bonchev–Trinajstić information content (AvgIpc) is 2.98. The van der Waals surface area contributed by atoms with E-state index < -0.39 is 5.97 Å². The second-order valence-corrected chi connectivity index (χ2v) is 6.06. The Hall–Kier alpha value is -3.59. The Morgan fingerprint density at radius 3 is 2.61 bits per heavy atom. The Labute approximate surface area is 164 Å². The highest BCUT2D eigenvalue weighted by Crippen LogP contribution is 2.16. The molecule has 0 spiro atoms. The van der Waals surface area contributed by atoms with Gasteiger partial charge < -0.3 is 14.0 Å². The van der Waals surface area contributed by atoms with Gasteiger partial charge in [0.25, 0.3) is 0 Å². The van der Waals surface area contributed by atoms with E-state index in [1.165, 1.54) is 6.08 Å². The number of rotatable bonds is 9. The van der Waals surface area contributed by atoms with Crippen molar-refractivity contribution in [1.29, 1.82) is 5.26 Å². The lowest BCUT2D eigenvalue weighted by molar-refractivity contribution is -0.136. The van der Waals surface area contributed by atoms with Gasteiger partial charge in [-0.3, -0.25) is 4.79 Å². The molecule has 0 aliphatic carbocycles. The molecule has 2 aromatic rings. The zero-order valence-corrected chi connectivity index (χ0v) is 16.0. The molecular formula is C22H22N2O4. The van der Waals surface area contributed by atoms with Crippen LogP contribution in [0.3, 0.4) is 0 Å². The molecule has 0 N–H and O–H groups in total. The first kappa shape index (κ1) is 20.7. The van der Waals surface area contributed by atoms with E-state index in [4.69, 9.17) is 14.7 Å². The molecule has 2 rings (SSSR count). The maximum Gasteiger partial charge on any atom is 0.331 e. The van der Waals surface area contributed by atoms with Crippen molar-refractivity contribution in [3.8, 4) is 11.8 Å². The van der Waals surface area contributed by atoms with Crippen LogP contribution in [0.25, 0.3) is 6.08 Å². The minimum Gasteiger partial charge on any atom is -0.479 e. The highest BCUT2D eigenvalue weighted by atomic mass is 16.5. The van der Waals surface area contributed by atoms with Crippen LogP contribution in [0.15, 0.2) is 49.1 Å². The molecule has 0 amide bonds. The number of aryl methyl sites for hydroxylation is 1. The largest absolute Gasteiger partial charge is 0.479 e. The van der Waals surface area contributed by atoms with E-state index in [0.717, 1.165) is 17.0 Å². The van der Waals surface area contributed by atoms with Crippen molar-refractivity contribution in [1.82, 2.24) is 4.57 Å². The molecule has 144 valence electrons. The fourth-order valence-electron chi connectivity index (χ4n) is 2.71. The number of nitrogens with zero attached hydrogens (tertiary/aromatic N) is 2. The van der Waals surface area contributed by atoms with Crippen LogP contribution in [0.5, 0.6) is 5.75 Å². The van der Waals surface area contributed by atoms with Crippen molar-refractivity contribution in [3.63, 3.8) is 0 Å². The highest BCUT2D eigenvalue weighted by molar-refractivity contribution is 6.00. The average molecular weight is 378 g/mol. The van der Waals surface area contributed by atoms with Gasteiger partial charge in [-0.1, -0.05) is 18.2 Å². The zero-order chi connectivity index (χ0) is 20.5. The van der Waals surface area contributed by atoms with Gasteiger partial charge in [0, 0.05) is 29.6 Å². The summed E-state index contributed by atoms with van der Waals surface area (Å²) in [5, 5.41) is 8.48. The number of allylic oxidation sites excluding steroid dienone is 1. The maximum absolute atomic E-state index is 12.4. The number of carbonyl (C=O) groups excluding carboxylic acids is 2. The molecule has 0 atom stereocenters. The van der Waals surface area contributed by atoms with Gasteiger partial charge in [0.2, 0.25) is 5.78 Å². The van der Waals surface area contributed by atoms with Crippen molar-refractivity contribution in [2.24, 2.45) is 0 Å². The minimum absolute atomic E-state index is 0.0223. The number of esters is 1. The lowest BCUT2D eigenvalue weighted by atomic mass is 10.1. The topological polar surface area (TPSA) is 81.3 Å². The van der Waals surface area contributed by atoms with E-state index in [1.807, 2.05) is 24.5 Å². The van der Waals surface area contributed by atoms with Crippen molar-refractivity contribution >= 4 is 17.8 Å². The van der Waals surface area contributed by atoms with Crippen LogP contribution in [0.2, 0.25) is 0 Å². The molecule has 0 fully saturated rings. The SMILES string of the molecule is C=CCn1c(C)cc(C(=O)COC(=O)/C=C/c2ccc(OCC#N)cc2)c1C. The first-order valence-electron chi connectivity index (χ1n) is 8.71. The van der Waals surface area contributed by atoms with Gasteiger partial charge in [-0.05, 0) is 43.7 Å². The second kappa shape index (κ2) is 9.93. The zero-order valence-electron chi connectivity index (χ0n) is 16.0. The molecule has 0 radical (unpaired) electrons. The molecule has 6 heteroatoms.